The van der Waals surface area contributed by atoms with Crippen molar-refractivity contribution >= 4 is 9.84 Å². The second kappa shape index (κ2) is 5.77. The molecule has 0 radical (unpaired) electrons. The van der Waals surface area contributed by atoms with Crippen molar-refractivity contribution in [1.29, 1.82) is 0 Å². The summed E-state index contributed by atoms with van der Waals surface area (Å²) in [7, 11) is -4.49. The van der Waals surface area contributed by atoms with Crippen molar-refractivity contribution < 1.29 is 17.2 Å². The zero-order valence-electron chi connectivity index (χ0n) is 11.5. The van der Waals surface area contributed by atoms with Crippen LogP contribution in [0.1, 0.15) is 31.7 Å². The predicted octanol–water partition coefficient (Wildman–Crippen LogP) is 2.78. The third kappa shape index (κ3) is 2.72. The molecule has 0 amide bonds. The van der Waals surface area contributed by atoms with Gasteiger partial charge in [-0.15, -0.1) is 0 Å². The first-order valence-corrected chi connectivity index (χ1v) is 8.28. The van der Waals surface area contributed by atoms with E-state index < -0.39 is 15.6 Å². The summed E-state index contributed by atoms with van der Waals surface area (Å²) >= 11 is 0. The molecule has 0 aliphatic heterocycles. The van der Waals surface area contributed by atoms with Crippen LogP contribution in [0.5, 0.6) is 0 Å². The van der Waals surface area contributed by atoms with Gasteiger partial charge in [0.05, 0.1) is 4.90 Å². The maximum atomic E-state index is 12.4. The lowest BCUT2D eigenvalue weighted by Crippen LogP contribution is -2.47. The molecule has 0 spiro atoms. The Kier molecular flexibility index (Phi) is 4.44. The molecular weight excluding hydrogens is 284 g/mol. The monoisotopic (exact) mass is 303 g/mol. The lowest BCUT2D eigenvalue weighted by molar-refractivity contribution is 0.187. The molecule has 0 aromatic heterocycles. The molecule has 0 saturated heterocycles. The number of hydrogen-bond donors (Lipinski definition) is 1. The fraction of sp³-hybridized carbons (Fsp3) is 0.571. The van der Waals surface area contributed by atoms with Gasteiger partial charge in [0.1, 0.15) is 0 Å². The standard InChI is InChI=1S/C14H19F2NO2S/c1-3-17-13-8-12(9(13)2)10-4-6-11(7-5-10)20(18,19)14(15)16/h4-7,9,12-14,17H,3,8H2,1-2H3. The Balaban J connectivity index is 2.11. The van der Waals surface area contributed by atoms with E-state index in [9.17, 15) is 17.2 Å². The van der Waals surface area contributed by atoms with Crippen LogP contribution >= 0.6 is 0 Å². The van der Waals surface area contributed by atoms with Crippen LogP contribution in [0.4, 0.5) is 8.78 Å². The number of sulfone groups is 1. The normalized spacial score (nSPS) is 26.6. The van der Waals surface area contributed by atoms with Crippen LogP contribution in [0.25, 0.3) is 0 Å². The van der Waals surface area contributed by atoms with Crippen molar-refractivity contribution in [3.63, 3.8) is 0 Å². The van der Waals surface area contributed by atoms with Crippen molar-refractivity contribution in [2.45, 2.75) is 42.9 Å². The molecule has 3 unspecified atom stereocenters. The molecule has 1 N–H and O–H groups in total. The molecule has 1 aromatic carbocycles. The van der Waals surface area contributed by atoms with Gasteiger partial charge in [0, 0.05) is 6.04 Å². The maximum absolute atomic E-state index is 12.4. The molecule has 0 heterocycles. The Morgan fingerprint density at radius 1 is 1.30 bits per heavy atom. The highest BCUT2D eigenvalue weighted by Crippen LogP contribution is 2.42. The fourth-order valence-electron chi connectivity index (χ4n) is 2.77. The summed E-state index contributed by atoms with van der Waals surface area (Å²) in [6.45, 7) is 5.13. The van der Waals surface area contributed by atoms with Gasteiger partial charge in [-0.05, 0) is 42.5 Å². The number of halogens is 2. The largest absolute Gasteiger partial charge is 0.341 e. The van der Waals surface area contributed by atoms with Crippen molar-refractivity contribution in [2.75, 3.05) is 6.54 Å². The minimum atomic E-state index is -4.49. The van der Waals surface area contributed by atoms with Crippen LogP contribution in [0.3, 0.4) is 0 Å². The van der Waals surface area contributed by atoms with Crippen LogP contribution < -0.4 is 5.32 Å². The lowest BCUT2D eigenvalue weighted by atomic mass is 9.67. The molecular formula is C14H19F2NO2S. The van der Waals surface area contributed by atoms with Gasteiger partial charge in [-0.2, -0.15) is 8.78 Å². The van der Waals surface area contributed by atoms with Gasteiger partial charge in [-0.3, -0.25) is 0 Å². The molecule has 6 heteroatoms. The number of alkyl halides is 2. The van der Waals surface area contributed by atoms with Crippen molar-refractivity contribution in [1.82, 2.24) is 5.32 Å². The molecule has 2 rings (SSSR count). The SMILES string of the molecule is CCNC1CC(c2ccc(S(=O)(=O)C(F)F)cc2)C1C. The summed E-state index contributed by atoms with van der Waals surface area (Å²) < 4.78 is 47.5. The van der Waals surface area contributed by atoms with E-state index in [0.717, 1.165) is 18.5 Å². The Morgan fingerprint density at radius 2 is 1.90 bits per heavy atom. The Hall–Kier alpha value is -1.01. The third-order valence-corrected chi connectivity index (χ3v) is 5.51. The van der Waals surface area contributed by atoms with Gasteiger partial charge in [-0.25, -0.2) is 8.42 Å². The number of rotatable bonds is 5. The Bertz CT molecular complexity index is 557. The maximum Gasteiger partial charge on any atom is 0.341 e. The quantitative estimate of drug-likeness (QED) is 0.910. The molecule has 1 aliphatic rings. The van der Waals surface area contributed by atoms with Gasteiger partial charge < -0.3 is 5.32 Å². The molecule has 20 heavy (non-hydrogen) atoms. The number of benzene rings is 1. The molecule has 1 aromatic rings. The first-order valence-electron chi connectivity index (χ1n) is 6.73. The average Bonchev–Trinajstić information content (AvgIpc) is 2.42. The highest BCUT2D eigenvalue weighted by atomic mass is 32.2. The van der Waals surface area contributed by atoms with E-state index in [0.29, 0.717) is 17.9 Å². The van der Waals surface area contributed by atoms with Gasteiger partial charge in [0.15, 0.2) is 0 Å². The van der Waals surface area contributed by atoms with Crippen LogP contribution in [0.2, 0.25) is 0 Å². The van der Waals surface area contributed by atoms with E-state index in [2.05, 4.69) is 19.2 Å². The summed E-state index contributed by atoms with van der Waals surface area (Å²) in [6.07, 6.45) is 0.996. The van der Waals surface area contributed by atoms with Crippen LogP contribution in [-0.4, -0.2) is 26.8 Å². The van der Waals surface area contributed by atoms with Gasteiger partial charge in [0.25, 0.3) is 0 Å². The van der Waals surface area contributed by atoms with Gasteiger partial charge in [0.2, 0.25) is 9.84 Å². The third-order valence-electron chi connectivity index (χ3n) is 4.11. The first-order chi connectivity index (χ1) is 9.37. The summed E-state index contributed by atoms with van der Waals surface area (Å²) in [5.41, 5.74) is 1.01. The highest BCUT2D eigenvalue weighted by molar-refractivity contribution is 7.91. The topological polar surface area (TPSA) is 46.2 Å². The zero-order valence-corrected chi connectivity index (χ0v) is 12.3. The van der Waals surface area contributed by atoms with Crippen molar-refractivity contribution in [3.05, 3.63) is 29.8 Å². The smallest absolute Gasteiger partial charge is 0.314 e. The van der Waals surface area contributed by atoms with E-state index in [-0.39, 0.29) is 4.90 Å². The number of hydrogen-bond acceptors (Lipinski definition) is 3. The summed E-state index contributed by atoms with van der Waals surface area (Å²) in [4.78, 5) is -0.313. The molecule has 0 bridgehead atoms. The van der Waals surface area contributed by atoms with Crippen molar-refractivity contribution in [2.24, 2.45) is 5.92 Å². The second-order valence-corrected chi connectivity index (χ2v) is 7.16. The first kappa shape index (κ1) is 15.4. The van der Waals surface area contributed by atoms with Gasteiger partial charge >= 0.3 is 5.76 Å². The Morgan fingerprint density at radius 3 is 2.35 bits per heavy atom. The van der Waals surface area contributed by atoms with Crippen LogP contribution in [0, 0.1) is 5.92 Å². The van der Waals surface area contributed by atoms with Crippen molar-refractivity contribution in [3.8, 4) is 0 Å². The summed E-state index contributed by atoms with van der Waals surface area (Å²) in [6, 6.07) is 6.35. The van der Waals surface area contributed by atoms with Crippen LogP contribution in [0.15, 0.2) is 29.2 Å². The van der Waals surface area contributed by atoms with Crippen LogP contribution in [-0.2, 0) is 9.84 Å². The molecule has 112 valence electrons. The molecule has 3 nitrogen and oxygen atoms in total. The van der Waals surface area contributed by atoms with E-state index in [4.69, 9.17) is 0 Å². The predicted molar refractivity (Wildman–Crippen MR) is 73.6 cm³/mol. The molecule has 1 saturated carbocycles. The summed E-state index contributed by atoms with van der Waals surface area (Å²) in [5, 5.41) is 3.39. The zero-order chi connectivity index (χ0) is 14.9. The minimum Gasteiger partial charge on any atom is -0.314 e. The average molecular weight is 303 g/mol. The molecule has 1 aliphatic carbocycles. The Labute approximate surface area is 118 Å². The molecule has 1 fully saturated rings. The van der Waals surface area contributed by atoms with E-state index in [1.807, 2.05) is 0 Å². The van der Waals surface area contributed by atoms with E-state index in [1.54, 1.807) is 12.1 Å². The summed E-state index contributed by atoms with van der Waals surface area (Å²) in [5.74, 6) is -2.54. The lowest BCUT2D eigenvalue weighted by Gasteiger charge is -2.43. The highest BCUT2D eigenvalue weighted by Gasteiger charge is 2.38. The van der Waals surface area contributed by atoms with E-state index >= 15 is 0 Å². The fourth-order valence-corrected chi connectivity index (χ4v) is 3.49. The number of nitrogens with one attached hydrogen (secondary N) is 1. The van der Waals surface area contributed by atoms with E-state index in [1.165, 1.54) is 12.1 Å². The minimum absolute atomic E-state index is 0.313. The second-order valence-electron chi connectivity index (χ2n) is 5.24. The van der Waals surface area contributed by atoms with Gasteiger partial charge in [-0.1, -0.05) is 26.0 Å². The molecule has 3 atom stereocenters.